The fourth-order valence-electron chi connectivity index (χ4n) is 3.33. The highest BCUT2D eigenvalue weighted by Gasteiger charge is 2.26. The van der Waals surface area contributed by atoms with E-state index in [4.69, 9.17) is 0 Å². The van der Waals surface area contributed by atoms with Crippen LogP contribution in [0.3, 0.4) is 0 Å². The maximum atomic E-state index is 13.9. The first-order valence-electron chi connectivity index (χ1n) is 8.65. The second kappa shape index (κ2) is 8.06. The van der Waals surface area contributed by atoms with Gasteiger partial charge < -0.3 is 4.90 Å². The first-order valence-corrected chi connectivity index (χ1v) is 9.53. The van der Waals surface area contributed by atoms with Crippen molar-refractivity contribution < 1.29 is 9.18 Å². The SMILES string of the molecule is Cc1nc(CC(=O)N(C)[C@H]2CCCN(Cc3ccccc3F)C2)cs1. The molecule has 1 aliphatic rings. The van der Waals surface area contributed by atoms with Crippen LogP contribution in [0.15, 0.2) is 29.6 Å². The minimum atomic E-state index is -0.159. The van der Waals surface area contributed by atoms with E-state index in [1.165, 1.54) is 6.07 Å². The lowest BCUT2D eigenvalue weighted by atomic mass is 10.0. The topological polar surface area (TPSA) is 36.4 Å². The van der Waals surface area contributed by atoms with Crippen molar-refractivity contribution >= 4 is 17.2 Å². The van der Waals surface area contributed by atoms with Gasteiger partial charge in [0.05, 0.1) is 17.1 Å². The molecule has 2 heterocycles. The van der Waals surface area contributed by atoms with E-state index in [1.54, 1.807) is 17.4 Å². The molecule has 1 fully saturated rings. The molecule has 1 aromatic heterocycles. The zero-order chi connectivity index (χ0) is 17.8. The molecule has 1 atom stereocenters. The van der Waals surface area contributed by atoms with Gasteiger partial charge >= 0.3 is 0 Å². The number of hydrogen-bond donors (Lipinski definition) is 0. The molecule has 0 saturated carbocycles. The van der Waals surface area contributed by atoms with Gasteiger partial charge in [-0.2, -0.15) is 0 Å². The summed E-state index contributed by atoms with van der Waals surface area (Å²) in [5.41, 5.74) is 1.56. The van der Waals surface area contributed by atoms with Gasteiger partial charge in [-0.15, -0.1) is 11.3 Å². The quantitative estimate of drug-likeness (QED) is 0.820. The number of aromatic nitrogens is 1. The first kappa shape index (κ1) is 18.0. The van der Waals surface area contributed by atoms with Crippen molar-refractivity contribution in [3.8, 4) is 0 Å². The van der Waals surface area contributed by atoms with Crippen molar-refractivity contribution in [1.82, 2.24) is 14.8 Å². The van der Waals surface area contributed by atoms with Crippen molar-refractivity contribution in [2.75, 3.05) is 20.1 Å². The van der Waals surface area contributed by atoms with E-state index in [0.717, 1.165) is 42.2 Å². The molecular weight excluding hydrogens is 337 g/mol. The van der Waals surface area contributed by atoms with E-state index in [2.05, 4.69) is 9.88 Å². The smallest absolute Gasteiger partial charge is 0.228 e. The minimum absolute atomic E-state index is 0.100. The van der Waals surface area contributed by atoms with Crippen LogP contribution in [0.2, 0.25) is 0 Å². The lowest BCUT2D eigenvalue weighted by Gasteiger charge is -2.37. The normalized spacial score (nSPS) is 18.3. The van der Waals surface area contributed by atoms with Crippen LogP contribution < -0.4 is 0 Å². The molecule has 1 aromatic carbocycles. The molecule has 134 valence electrons. The molecule has 3 rings (SSSR count). The van der Waals surface area contributed by atoms with E-state index in [1.807, 2.05) is 36.4 Å². The van der Waals surface area contributed by atoms with Crippen molar-refractivity contribution in [2.45, 2.75) is 38.8 Å². The Hall–Kier alpha value is -1.79. The third-order valence-electron chi connectivity index (χ3n) is 4.77. The van der Waals surface area contributed by atoms with Crippen molar-refractivity contribution in [2.24, 2.45) is 0 Å². The highest BCUT2D eigenvalue weighted by atomic mass is 32.1. The van der Waals surface area contributed by atoms with Gasteiger partial charge in [0, 0.05) is 37.1 Å². The second-order valence-electron chi connectivity index (χ2n) is 6.66. The lowest BCUT2D eigenvalue weighted by Crippen LogP contribution is -2.48. The van der Waals surface area contributed by atoms with Gasteiger partial charge in [0.15, 0.2) is 0 Å². The molecule has 6 heteroatoms. The predicted molar refractivity (Wildman–Crippen MR) is 98.0 cm³/mol. The van der Waals surface area contributed by atoms with Gasteiger partial charge in [-0.3, -0.25) is 9.69 Å². The van der Waals surface area contributed by atoms with Crippen molar-refractivity contribution in [3.05, 3.63) is 51.7 Å². The standard InChI is InChI=1S/C19H24FN3OS/c1-14-21-16(13-25-14)10-19(24)22(2)17-7-5-9-23(12-17)11-15-6-3-4-8-18(15)20/h3-4,6,8,13,17H,5,7,9-12H2,1-2H3/t17-/m0/s1. The third kappa shape index (κ3) is 4.64. The van der Waals surface area contributed by atoms with Gasteiger partial charge in [-0.1, -0.05) is 18.2 Å². The zero-order valence-corrected chi connectivity index (χ0v) is 15.6. The first-order chi connectivity index (χ1) is 12.0. The van der Waals surface area contributed by atoms with Crippen LogP contribution in [0.25, 0.3) is 0 Å². The molecule has 0 unspecified atom stereocenters. The van der Waals surface area contributed by atoms with Crippen LogP contribution in [0.4, 0.5) is 4.39 Å². The Kier molecular flexibility index (Phi) is 5.81. The summed E-state index contributed by atoms with van der Waals surface area (Å²) in [6.45, 7) is 4.27. The van der Waals surface area contributed by atoms with E-state index in [-0.39, 0.29) is 17.8 Å². The summed E-state index contributed by atoms with van der Waals surface area (Å²) in [6.07, 6.45) is 2.36. The number of halogens is 1. The number of thiazole rings is 1. The average molecular weight is 361 g/mol. The maximum Gasteiger partial charge on any atom is 0.228 e. The summed E-state index contributed by atoms with van der Waals surface area (Å²) in [7, 11) is 1.87. The Labute approximate surface area is 152 Å². The molecule has 4 nitrogen and oxygen atoms in total. The molecule has 0 spiro atoms. The third-order valence-corrected chi connectivity index (χ3v) is 5.59. The number of likely N-dealkylation sites (N-methyl/N-ethyl adjacent to an activating group) is 1. The van der Waals surface area contributed by atoms with Gasteiger partial charge in [0.1, 0.15) is 5.82 Å². The van der Waals surface area contributed by atoms with Crippen LogP contribution in [-0.4, -0.2) is 46.9 Å². The molecule has 1 aliphatic heterocycles. The number of piperidine rings is 1. The number of nitrogens with zero attached hydrogens (tertiary/aromatic N) is 3. The van der Waals surface area contributed by atoms with Crippen LogP contribution in [0.5, 0.6) is 0 Å². The van der Waals surface area contributed by atoms with Crippen molar-refractivity contribution in [1.29, 1.82) is 0 Å². The number of carbonyl (C=O) groups excluding carboxylic acids is 1. The monoisotopic (exact) mass is 361 g/mol. The minimum Gasteiger partial charge on any atom is -0.341 e. The van der Waals surface area contributed by atoms with E-state index < -0.39 is 0 Å². The molecule has 0 radical (unpaired) electrons. The Bertz CT molecular complexity index is 733. The number of amides is 1. The van der Waals surface area contributed by atoms with E-state index in [9.17, 15) is 9.18 Å². The molecule has 2 aromatic rings. The summed E-state index contributed by atoms with van der Waals surface area (Å²) in [5.74, 6) is -0.0593. The van der Waals surface area contributed by atoms with Crippen LogP contribution in [-0.2, 0) is 17.8 Å². The summed E-state index contributed by atoms with van der Waals surface area (Å²) in [6, 6.07) is 7.09. The molecule has 1 saturated heterocycles. The lowest BCUT2D eigenvalue weighted by molar-refractivity contribution is -0.132. The van der Waals surface area contributed by atoms with E-state index >= 15 is 0 Å². The Morgan fingerprint density at radius 2 is 2.24 bits per heavy atom. The van der Waals surface area contributed by atoms with Crippen LogP contribution >= 0.6 is 11.3 Å². The summed E-state index contributed by atoms with van der Waals surface area (Å²) >= 11 is 1.57. The average Bonchev–Trinajstić information content (AvgIpc) is 3.01. The summed E-state index contributed by atoms with van der Waals surface area (Å²) < 4.78 is 13.9. The molecule has 0 bridgehead atoms. The highest BCUT2D eigenvalue weighted by Crippen LogP contribution is 2.19. The number of likely N-dealkylation sites (tertiary alicyclic amines) is 1. The number of rotatable bonds is 5. The molecule has 25 heavy (non-hydrogen) atoms. The fourth-order valence-corrected chi connectivity index (χ4v) is 3.94. The van der Waals surface area contributed by atoms with Crippen molar-refractivity contribution in [3.63, 3.8) is 0 Å². The second-order valence-corrected chi connectivity index (χ2v) is 7.72. The van der Waals surface area contributed by atoms with Crippen LogP contribution in [0.1, 0.15) is 29.1 Å². The van der Waals surface area contributed by atoms with E-state index in [0.29, 0.717) is 13.0 Å². The number of hydrogen-bond acceptors (Lipinski definition) is 4. The fraction of sp³-hybridized carbons (Fsp3) is 0.474. The zero-order valence-electron chi connectivity index (χ0n) is 14.7. The number of carbonyl (C=O) groups is 1. The largest absolute Gasteiger partial charge is 0.341 e. The van der Waals surface area contributed by atoms with Gasteiger partial charge in [0.2, 0.25) is 5.91 Å². The molecule has 1 amide bonds. The molecular formula is C19H24FN3OS. The highest BCUT2D eigenvalue weighted by molar-refractivity contribution is 7.09. The summed E-state index contributed by atoms with van der Waals surface area (Å²) in [4.78, 5) is 21.0. The van der Waals surface area contributed by atoms with Gasteiger partial charge in [0.25, 0.3) is 0 Å². The molecule has 0 aliphatic carbocycles. The number of benzene rings is 1. The Morgan fingerprint density at radius 1 is 1.44 bits per heavy atom. The number of aryl methyl sites for hydroxylation is 1. The maximum absolute atomic E-state index is 13.9. The predicted octanol–water partition coefficient (Wildman–Crippen LogP) is 3.26. The van der Waals surface area contributed by atoms with Gasteiger partial charge in [-0.25, -0.2) is 9.37 Å². The van der Waals surface area contributed by atoms with Crippen LogP contribution in [0, 0.1) is 12.7 Å². The Morgan fingerprint density at radius 3 is 2.96 bits per heavy atom. The van der Waals surface area contributed by atoms with Gasteiger partial charge in [-0.05, 0) is 32.4 Å². The molecule has 0 N–H and O–H groups in total. The Balaban J connectivity index is 1.58. The summed E-state index contributed by atoms with van der Waals surface area (Å²) in [5, 5.41) is 2.94.